The molecule has 0 saturated carbocycles. The number of rotatable bonds is 14. The lowest BCUT2D eigenvalue weighted by Gasteiger charge is -2.33. The highest BCUT2D eigenvalue weighted by molar-refractivity contribution is 7.98. The first-order valence-corrected chi connectivity index (χ1v) is 16.6. The number of nitrogens with one attached hydrogen (secondary N) is 1. The average molecular weight is 596 g/mol. The molecule has 0 spiro atoms. The standard InChI is InChI=1S/C32H41N3O4S2/c1-6-8-21-33-32(37)30(7-2)34(22-26-13-9-24(3)10-14-26)31(36)23-35(27-15-11-25(4)12-16-27)41(38,39)29-19-17-28(40-5)18-20-29/h9-20,30H,6-8,21-23H2,1-5H3,(H,33,37). The molecule has 7 nitrogen and oxygen atoms in total. The summed E-state index contributed by atoms with van der Waals surface area (Å²) in [5, 5.41) is 2.96. The minimum absolute atomic E-state index is 0.0955. The molecule has 0 radical (unpaired) electrons. The van der Waals surface area contributed by atoms with E-state index >= 15 is 0 Å². The molecule has 0 heterocycles. The number of hydrogen-bond acceptors (Lipinski definition) is 5. The number of sulfonamides is 1. The van der Waals surface area contributed by atoms with Crippen molar-refractivity contribution < 1.29 is 18.0 Å². The zero-order valence-corrected chi connectivity index (χ0v) is 26.2. The molecule has 1 atom stereocenters. The van der Waals surface area contributed by atoms with Gasteiger partial charge in [-0.2, -0.15) is 0 Å². The van der Waals surface area contributed by atoms with Crippen LogP contribution in [0.2, 0.25) is 0 Å². The number of nitrogens with zero attached hydrogens (tertiary/aromatic N) is 2. The fourth-order valence-corrected chi connectivity index (χ4v) is 6.25. The number of thioether (sulfide) groups is 1. The van der Waals surface area contributed by atoms with E-state index < -0.39 is 28.5 Å². The summed E-state index contributed by atoms with van der Waals surface area (Å²) in [6.07, 6.45) is 4.09. The maximum atomic E-state index is 14.1. The van der Waals surface area contributed by atoms with Crippen LogP contribution in [0.15, 0.2) is 82.6 Å². The van der Waals surface area contributed by atoms with Crippen LogP contribution in [0.1, 0.15) is 49.8 Å². The van der Waals surface area contributed by atoms with Crippen molar-refractivity contribution in [1.29, 1.82) is 0 Å². The minimum Gasteiger partial charge on any atom is -0.354 e. The fourth-order valence-electron chi connectivity index (χ4n) is 4.43. The number of amides is 2. The summed E-state index contributed by atoms with van der Waals surface area (Å²) in [5.74, 6) is -0.688. The third kappa shape index (κ3) is 8.60. The van der Waals surface area contributed by atoms with Crippen LogP contribution < -0.4 is 9.62 Å². The normalized spacial score (nSPS) is 12.0. The van der Waals surface area contributed by atoms with Gasteiger partial charge in [-0.25, -0.2) is 8.42 Å². The second-order valence-corrected chi connectivity index (χ2v) is 12.8. The number of carbonyl (C=O) groups is 2. The molecule has 0 aromatic heterocycles. The van der Waals surface area contributed by atoms with Crippen LogP contribution in [0, 0.1) is 13.8 Å². The zero-order valence-electron chi connectivity index (χ0n) is 24.6. The van der Waals surface area contributed by atoms with Gasteiger partial charge >= 0.3 is 0 Å². The third-order valence-electron chi connectivity index (χ3n) is 6.94. The van der Waals surface area contributed by atoms with E-state index in [4.69, 9.17) is 0 Å². The molecule has 0 bridgehead atoms. The molecule has 1 unspecified atom stereocenters. The highest BCUT2D eigenvalue weighted by Gasteiger charge is 2.33. The summed E-state index contributed by atoms with van der Waals surface area (Å²) in [4.78, 5) is 29.9. The van der Waals surface area contributed by atoms with E-state index in [1.807, 2.05) is 70.3 Å². The highest BCUT2D eigenvalue weighted by Crippen LogP contribution is 2.27. The molecule has 220 valence electrons. The van der Waals surface area contributed by atoms with Crippen LogP contribution in [-0.2, 0) is 26.2 Å². The smallest absolute Gasteiger partial charge is 0.264 e. The van der Waals surface area contributed by atoms with Gasteiger partial charge in [0.1, 0.15) is 12.6 Å². The van der Waals surface area contributed by atoms with Gasteiger partial charge < -0.3 is 10.2 Å². The molecule has 0 aliphatic rings. The van der Waals surface area contributed by atoms with Crippen LogP contribution in [0.3, 0.4) is 0 Å². The largest absolute Gasteiger partial charge is 0.354 e. The summed E-state index contributed by atoms with van der Waals surface area (Å²) < 4.78 is 29.1. The first kappa shape index (κ1) is 32.2. The Morgan fingerprint density at radius 2 is 1.46 bits per heavy atom. The second-order valence-electron chi connectivity index (χ2n) is 10.1. The lowest BCUT2D eigenvalue weighted by atomic mass is 10.1. The second kappa shape index (κ2) is 15.1. The molecule has 9 heteroatoms. The lowest BCUT2D eigenvalue weighted by Crippen LogP contribution is -2.52. The topological polar surface area (TPSA) is 86.8 Å². The molecule has 0 saturated heterocycles. The Kier molecular flexibility index (Phi) is 11.8. The predicted octanol–water partition coefficient (Wildman–Crippen LogP) is 5.94. The van der Waals surface area contributed by atoms with Crippen LogP contribution in [0.25, 0.3) is 0 Å². The van der Waals surface area contributed by atoms with Gasteiger partial charge in [-0.1, -0.05) is 67.8 Å². The summed E-state index contributed by atoms with van der Waals surface area (Å²) in [5.41, 5.74) is 3.30. The fraction of sp³-hybridized carbons (Fsp3) is 0.375. The van der Waals surface area contributed by atoms with Crippen molar-refractivity contribution in [2.24, 2.45) is 0 Å². The zero-order chi connectivity index (χ0) is 30.0. The number of carbonyl (C=O) groups excluding carboxylic acids is 2. The van der Waals surface area contributed by atoms with Crippen molar-refractivity contribution in [2.75, 3.05) is 23.7 Å². The van der Waals surface area contributed by atoms with Crippen LogP contribution in [-0.4, -0.2) is 50.5 Å². The van der Waals surface area contributed by atoms with Crippen molar-refractivity contribution in [3.05, 3.63) is 89.5 Å². The number of hydrogen-bond donors (Lipinski definition) is 1. The van der Waals surface area contributed by atoms with E-state index in [0.29, 0.717) is 18.7 Å². The molecule has 41 heavy (non-hydrogen) atoms. The minimum atomic E-state index is -4.09. The Balaban J connectivity index is 2.02. The van der Waals surface area contributed by atoms with Crippen LogP contribution in [0.4, 0.5) is 5.69 Å². The maximum absolute atomic E-state index is 14.1. The van der Waals surface area contributed by atoms with E-state index in [0.717, 1.165) is 38.7 Å². The van der Waals surface area contributed by atoms with Gasteiger partial charge in [0.05, 0.1) is 10.6 Å². The molecular formula is C32H41N3O4S2. The van der Waals surface area contributed by atoms with Crippen LogP contribution in [0.5, 0.6) is 0 Å². The van der Waals surface area contributed by atoms with Gasteiger partial charge in [-0.3, -0.25) is 13.9 Å². The monoisotopic (exact) mass is 595 g/mol. The Hall–Kier alpha value is -3.30. The number of benzene rings is 3. The van der Waals surface area contributed by atoms with Crippen LogP contribution >= 0.6 is 11.8 Å². The Bertz CT molecular complexity index is 1390. The first-order chi connectivity index (χ1) is 19.6. The van der Waals surface area contributed by atoms with E-state index in [1.165, 1.54) is 16.7 Å². The van der Waals surface area contributed by atoms with Crippen molar-refractivity contribution in [3.8, 4) is 0 Å². The quantitative estimate of drug-likeness (QED) is 0.184. The molecule has 3 aromatic rings. The molecule has 0 fully saturated rings. The van der Waals surface area contributed by atoms with E-state index in [2.05, 4.69) is 5.32 Å². The molecule has 0 aliphatic heterocycles. The highest BCUT2D eigenvalue weighted by atomic mass is 32.2. The van der Waals surface area contributed by atoms with Crippen molar-refractivity contribution in [3.63, 3.8) is 0 Å². The maximum Gasteiger partial charge on any atom is 0.264 e. The predicted molar refractivity (Wildman–Crippen MR) is 168 cm³/mol. The molecule has 1 N–H and O–H groups in total. The molecule has 0 aliphatic carbocycles. The third-order valence-corrected chi connectivity index (χ3v) is 9.47. The number of unbranched alkanes of at least 4 members (excludes halogenated alkanes) is 1. The average Bonchev–Trinajstić information content (AvgIpc) is 2.97. The van der Waals surface area contributed by atoms with E-state index in [1.54, 1.807) is 36.4 Å². The molecule has 3 rings (SSSR count). The summed E-state index contributed by atoms with van der Waals surface area (Å²) in [7, 11) is -4.09. The van der Waals surface area contributed by atoms with Gasteiger partial charge in [0.15, 0.2) is 0 Å². The Morgan fingerprint density at radius 3 is 2.00 bits per heavy atom. The Morgan fingerprint density at radius 1 is 0.878 bits per heavy atom. The van der Waals surface area contributed by atoms with Gasteiger partial charge in [0, 0.05) is 18.0 Å². The van der Waals surface area contributed by atoms with E-state index in [-0.39, 0.29) is 17.3 Å². The summed E-state index contributed by atoms with van der Waals surface area (Å²) in [6.45, 7) is 8.07. The van der Waals surface area contributed by atoms with Crippen molar-refractivity contribution in [2.45, 2.75) is 69.3 Å². The van der Waals surface area contributed by atoms with Gasteiger partial charge in [-0.05, 0) is 74.9 Å². The van der Waals surface area contributed by atoms with Gasteiger partial charge in [0.2, 0.25) is 11.8 Å². The number of anilines is 1. The SMILES string of the molecule is CCCCNC(=O)C(CC)N(Cc1ccc(C)cc1)C(=O)CN(c1ccc(C)cc1)S(=O)(=O)c1ccc(SC)cc1. The summed E-state index contributed by atoms with van der Waals surface area (Å²) >= 11 is 1.52. The molecular weight excluding hydrogens is 555 g/mol. The Labute approximate surface area is 249 Å². The van der Waals surface area contributed by atoms with Gasteiger partial charge in [0.25, 0.3) is 10.0 Å². The number of aryl methyl sites for hydroxylation is 2. The molecule has 2 amide bonds. The van der Waals surface area contributed by atoms with E-state index in [9.17, 15) is 18.0 Å². The van der Waals surface area contributed by atoms with Crippen molar-refractivity contribution in [1.82, 2.24) is 10.2 Å². The van der Waals surface area contributed by atoms with Crippen molar-refractivity contribution >= 4 is 39.3 Å². The first-order valence-electron chi connectivity index (χ1n) is 14.0. The lowest BCUT2D eigenvalue weighted by molar-refractivity contribution is -0.140. The van der Waals surface area contributed by atoms with Gasteiger partial charge in [-0.15, -0.1) is 11.8 Å². The summed E-state index contributed by atoms with van der Waals surface area (Å²) in [6, 6.07) is 20.7. The molecule has 3 aromatic carbocycles.